The summed E-state index contributed by atoms with van der Waals surface area (Å²) in [6.45, 7) is 3.40. The minimum absolute atomic E-state index is 0.170. The summed E-state index contributed by atoms with van der Waals surface area (Å²) >= 11 is 1.31. The Labute approximate surface area is 168 Å². The van der Waals surface area contributed by atoms with Crippen LogP contribution in [0.5, 0.6) is 0 Å². The first-order valence-corrected chi connectivity index (χ1v) is 10.6. The van der Waals surface area contributed by atoms with Crippen LogP contribution < -0.4 is 11.0 Å². The van der Waals surface area contributed by atoms with Crippen molar-refractivity contribution in [1.29, 1.82) is 0 Å². The van der Waals surface area contributed by atoms with Gasteiger partial charge in [-0.05, 0) is 59.7 Å². The third kappa shape index (κ3) is 5.23. The van der Waals surface area contributed by atoms with Crippen LogP contribution in [0, 0.1) is 6.92 Å². The first-order chi connectivity index (χ1) is 13.4. The third-order valence-corrected chi connectivity index (χ3v) is 5.69. The Balaban J connectivity index is 1.71. The zero-order valence-electron chi connectivity index (χ0n) is 16.7. The standard InChI is InChI=1S/C19H27N5O3S/c1-13-11-17(27-22-13)20-16(25)12-28-18-14-7-4-5-8-15(14)24(19(26)21-18)10-6-9-23(2)3/h11H,4-10,12H2,1-3H3,(H,20,25). The molecule has 0 bridgehead atoms. The number of thioether (sulfide) groups is 1. The van der Waals surface area contributed by atoms with E-state index in [1.165, 1.54) is 11.8 Å². The molecular formula is C19H27N5O3S. The summed E-state index contributed by atoms with van der Waals surface area (Å²) in [5.41, 5.74) is 2.72. The highest BCUT2D eigenvalue weighted by Crippen LogP contribution is 2.28. The van der Waals surface area contributed by atoms with Crippen LogP contribution >= 0.6 is 11.8 Å². The lowest BCUT2D eigenvalue weighted by Crippen LogP contribution is -2.31. The largest absolute Gasteiger partial charge is 0.348 e. The number of rotatable bonds is 8. The van der Waals surface area contributed by atoms with Crippen molar-refractivity contribution in [2.24, 2.45) is 0 Å². The van der Waals surface area contributed by atoms with Crippen molar-refractivity contribution in [3.8, 4) is 0 Å². The van der Waals surface area contributed by atoms with Gasteiger partial charge in [0.25, 0.3) is 0 Å². The molecule has 0 spiro atoms. The minimum atomic E-state index is -0.215. The fourth-order valence-corrected chi connectivity index (χ4v) is 4.25. The maximum atomic E-state index is 12.6. The molecule has 1 amide bonds. The van der Waals surface area contributed by atoms with E-state index >= 15 is 0 Å². The zero-order valence-corrected chi connectivity index (χ0v) is 17.5. The molecule has 28 heavy (non-hydrogen) atoms. The second-order valence-electron chi connectivity index (χ2n) is 7.31. The number of fused-ring (bicyclic) bond motifs is 1. The van der Waals surface area contributed by atoms with Gasteiger partial charge in [0, 0.05) is 23.9 Å². The zero-order chi connectivity index (χ0) is 20.1. The van der Waals surface area contributed by atoms with Gasteiger partial charge in [-0.3, -0.25) is 14.7 Å². The maximum Gasteiger partial charge on any atom is 0.348 e. The predicted molar refractivity (Wildman–Crippen MR) is 109 cm³/mol. The van der Waals surface area contributed by atoms with E-state index in [2.05, 4.69) is 20.4 Å². The molecule has 9 heteroatoms. The summed E-state index contributed by atoms with van der Waals surface area (Å²) < 4.78 is 6.84. The van der Waals surface area contributed by atoms with Crippen LogP contribution in [0.2, 0.25) is 0 Å². The SMILES string of the molecule is Cc1cc(NC(=O)CSc2nc(=O)n(CCCN(C)C)c3c2CCCC3)on1. The Kier molecular flexibility index (Phi) is 6.90. The maximum absolute atomic E-state index is 12.6. The summed E-state index contributed by atoms with van der Waals surface area (Å²) in [5.74, 6) is 0.292. The fourth-order valence-electron chi connectivity index (χ4n) is 3.37. The van der Waals surface area contributed by atoms with E-state index in [1.54, 1.807) is 13.0 Å². The number of amides is 1. The molecule has 0 saturated heterocycles. The van der Waals surface area contributed by atoms with Crippen LogP contribution in [0.3, 0.4) is 0 Å². The van der Waals surface area contributed by atoms with Crippen molar-refractivity contribution in [3.63, 3.8) is 0 Å². The van der Waals surface area contributed by atoms with Gasteiger partial charge in [0.1, 0.15) is 5.03 Å². The second-order valence-corrected chi connectivity index (χ2v) is 8.27. The number of anilines is 1. The number of carbonyl (C=O) groups is 1. The molecular weight excluding hydrogens is 378 g/mol. The molecule has 2 aromatic rings. The van der Waals surface area contributed by atoms with Crippen LogP contribution in [0.1, 0.15) is 36.2 Å². The van der Waals surface area contributed by atoms with Crippen LogP contribution in [-0.2, 0) is 24.2 Å². The lowest BCUT2D eigenvalue weighted by Gasteiger charge is -2.23. The van der Waals surface area contributed by atoms with Crippen molar-refractivity contribution in [1.82, 2.24) is 19.6 Å². The normalized spacial score (nSPS) is 13.6. The van der Waals surface area contributed by atoms with E-state index in [9.17, 15) is 9.59 Å². The molecule has 3 rings (SSSR count). The summed E-state index contributed by atoms with van der Waals surface area (Å²) in [7, 11) is 4.06. The Hall–Kier alpha value is -2.13. The van der Waals surface area contributed by atoms with Gasteiger partial charge < -0.3 is 9.42 Å². The quantitative estimate of drug-likeness (QED) is 0.531. The van der Waals surface area contributed by atoms with Gasteiger partial charge in [-0.2, -0.15) is 4.98 Å². The van der Waals surface area contributed by atoms with E-state index in [4.69, 9.17) is 4.52 Å². The molecule has 2 heterocycles. The summed E-state index contributed by atoms with van der Waals surface area (Å²) in [5, 5.41) is 7.11. The van der Waals surface area contributed by atoms with Gasteiger partial charge in [-0.1, -0.05) is 16.9 Å². The summed E-state index contributed by atoms with van der Waals surface area (Å²) in [6.07, 6.45) is 4.88. The van der Waals surface area contributed by atoms with Crippen molar-refractivity contribution in [3.05, 3.63) is 33.5 Å². The Morgan fingerprint density at radius 2 is 2.14 bits per heavy atom. The number of aromatic nitrogens is 3. The molecule has 0 radical (unpaired) electrons. The molecule has 0 aliphatic heterocycles. The molecule has 0 unspecified atom stereocenters. The topological polar surface area (TPSA) is 93.3 Å². The second kappa shape index (κ2) is 9.38. The molecule has 1 aliphatic carbocycles. The smallest absolute Gasteiger partial charge is 0.338 e. The molecule has 2 aromatic heterocycles. The number of aryl methyl sites for hydroxylation is 1. The Morgan fingerprint density at radius 3 is 2.86 bits per heavy atom. The molecule has 1 N–H and O–H groups in total. The average molecular weight is 406 g/mol. The van der Waals surface area contributed by atoms with Gasteiger partial charge >= 0.3 is 5.69 Å². The van der Waals surface area contributed by atoms with Crippen LogP contribution in [0.4, 0.5) is 5.88 Å². The number of hydrogen-bond donors (Lipinski definition) is 1. The minimum Gasteiger partial charge on any atom is -0.338 e. The highest BCUT2D eigenvalue weighted by molar-refractivity contribution is 8.00. The lowest BCUT2D eigenvalue weighted by molar-refractivity contribution is -0.113. The number of carbonyl (C=O) groups excluding carboxylic acids is 1. The molecule has 152 valence electrons. The van der Waals surface area contributed by atoms with Crippen molar-refractivity contribution >= 4 is 23.6 Å². The first kappa shape index (κ1) is 20.6. The number of nitrogens with zero attached hydrogens (tertiary/aromatic N) is 4. The molecule has 0 atom stereocenters. The van der Waals surface area contributed by atoms with Gasteiger partial charge in [0.05, 0.1) is 11.4 Å². The van der Waals surface area contributed by atoms with Crippen LogP contribution in [-0.4, -0.2) is 51.9 Å². The Morgan fingerprint density at radius 1 is 1.36 bits per heavy atom. The molecule has 0 aromatic carbocycles. The predicted octanol–water partition coefficient (Wildman–Crippen LogP) is 2.10. The molecule has 1 aliphatic rings. The lowest BCUT2D eigenvalue weighted by atomic mass is 9.97. The Bertz CT molecular complexity index is 890. The highest BCUT2D eigenvalue weighted by Gasteiger charge is 2.21. The van der Waals surface area contributed by atoms with Crippen LogP contribution in [0.15, 0.2) is 20.4 Å². The number of hydrogen-bond acceptors (Lipinski definition) is 7. The van der Waals surface area contributed by atoms with Crippen molar-refractivity contribution < 1.29 is 9.32 Å². The van der Waals surface area contributed by atoms with Crippen molar-refractivity contribution in [2.45, 2.75) is 50.6 Å². The average Bonchev–Trinajstić information content (AvgIpc) is 3.06. The van der Waals surface area contributed by atoms with Crippen LogP contribution in [0.25, 0.3) is 0 Å². The van der Waals surface area contributed by atoms with Gasteiger partial charge in [0.2, 0.25) is 11.8 Å². The van der Waals surface area contributed by atoms with E-state index in [0.29, 0.717) is 23.1 Å². The molecule has 0 saturated carbocycles. The first-order valence-electron chi connectivity index (χ1n) is 9.57. The number of nitrogens with one attached hydrogen (secondary N) is 1. The monoisotopic (exact) mass is 405 g/mol. The fraction of sp³-hybridized carbons (Fsp3) is 0.579. The van der Waals surface area contributed by atoms with Gasteiger partial charge in [-0.25, -0.2) is 4.79 Å². The van der Waals surface area contributed by atoms with Gasteiger partial charge in [0.15, 0.2) is 0 Å². The summed E-state index contributed by atoms with van der Waals surface area (Å²) in [4.78, 5) is 31.2. The molecule has 8 nitrogen and oxygen atoms in total. The van der Waals surface area contributed by atoms with E-state index in [-0.39, 0.29) is 17.3 Å². The molecule has 0 fully saturated rings. The van der Waals surface area contributed by atoms with E-state index in [0.717, 1.165) is 49.9 Å². The van der Waals surface area contributed by atoms with Gasteiger partial charge in [-0.15, -0.1) is 0 Å². The summed E-state index contributed by atoms with van der Waals surface area (Å²) in [6, 6.07) is 1.66. The third-order valence-electron chi connectivity index (χ3n) is 4.67. The van der Waals surface area contributed by atoms with E-state index < -0.39 is 0 Å². The highest BCUT2D eigenvalue weighted by atomic mass is 32.2. The van der Waals surface area contributed by atoms with E-state index in [1.807, 2.05) is 18.7 Å². The van der Waals surface area contributed by atoms with Crippen molar-refractivity contribution in [2.75, 3.05) is 31.7 Å².